The summed E-state index contributed by atoms with van der Waals surface area (Å²) in [6.45, 7) is 2.08. The Morgan fingerprint density at radius 2 is 1.97 bits per heavy atom. The largest absolute Gasteiger partial charge is 0.477 e. The lowest BCUT2D eigenvalue weighted by atomic mass is 10.1. The second-order valence-corrected chi connectivity index (χ2v) is 8.28. The smallest absolute Gasteiger partial charge is 0.347 e. The number of aromatic nitrogens is 4. The van der Waals surface area contributed by atoms with Crippen molar-refractivity contribution in [3.63, 3.8) is 0 Å². The molecule has 0 unspecified atom stereocenters. The van der Waals surface area contributed by atoms with E-state index >= 15 is 0 Å². The van der Waals surface area contributed by atoms with Gasteiger partial charge in [0.25, 0.3) is 5.19 Å². The summed E-state index contributed by atoms with van der Waals surface area (Å²) < 4.78 is 22.2. The molecule has 4 aromatic rings. The van der Waals surface area contributed by atoms with E-state index in [4.69, 9.17) is 9.84 Å². The van der Waals surface area contributed by atoms with Crippen molar-refractivity contribution in [3.8, 4) is 10.9 Å². The Morgan fingerprint density at radius 3 is 2.62 bits per heavy atom. The molecule has 2 aromatic heterocycles. The molecule has 12 heteroatoms. The highest BCUT2D eigenvalue weighted by Gasteiger charge is 2.13. The number of halogens is 1. The van der Waals surface area contributed by atoms with Gasteiger partial charge in [-0.3, -0.25) is 9.55 Å². The van der Waals surface area contributed by atoms with E-state index in [1.807, 2.05) is 31.2 Å². The van der Waals surface area contributed by atoms with E-state index in [0.717, 1.165) is 39.3 Å². The number of H-pyrrole nitrogens is 1. The van der Waals surface area contributed by atoms with Gasteiger partial charge in [0.1, 0.15) is 4.88 Å². The minimum atomic E-state index is -1.16. The summed E-state index contributed by atoms with van der Waals surface area (Å²) in [4.78, 5) is 46.4. The molecule has 174 valence electrons. The van der Waals surface area contributed by atoms with Gasteiger partial charge in [0, 0.05) is 13.1 Å². The first kappa shape index (κ1) is 22.9. The van der Waals surface area contributed by atoms with Crippen LogP contribution in [-0.2, 0) is 13.6 Å². The van der Waals surface area contributed by atoms with Crippen LogP contribution in [0.25, 0.3) is 0 Å². The van der Waals surface area contributed by atoms with Gasteiger partial charge in [-0.25, -0.2) is 33.3 Å². The Bertz CT molecular complexity index is 1570. The fraction of sp³-hybridized carbons (Fsp3) is 0.136. The van der Waals surface area contributed by atoms with Crippen LogP contribution in [0.15, 0.2) is 63.2 Å². The van der Waals surface area contributed by atoms with Crippen LogP contribution in [0, 0.1) is 12.7 Å². The highest BCUT2D eigenvalue weighted by molar-refractivity contribution is 7.15. The van der Waals surface area contributed by atoms with E-state index in [0.29, 0.717) is 0 Å². The molecule has 0 spiro atoms. The number of aromatic carboxylic acids is 1. The standard InChI is InChI=1S/C22H18FN5O5S/c1-12-3-5-13(6-4-12)11-28-19(26-20(31)27(2)22(28)32)25-14-7-8-16(15(23)9-14)33-21-24-10-17(34-21)18(29)30/h3-10H,11H2,1-2H3,(H,29,30)(H,25,26,31). The van der Waals surface area contributed by atoms with E-state index in [1.165, 1.54) is 23.7 Å². The van der Waals surface area contributed by atoms with Crippen LogP contribution in [0.4, 0.5) is 10.1 Å². The number of hydrogen-bond donors (Lipinski definition) is 2. The number of rotatable bonds is 6. The molecule has 34 heavy (non-hydrogen) atoms. The average molecular weight is 483 g/mol. The Hall–Kier alpha value is -4.32. The number of ether oxygens (including phenoxy) is 1. The lowest BCUT2D eigenvalue weighted by Gasteiger charge is -2.09. The third kappa shape index (κ3) is 4.86. The van der Waals surface area contributed by atoms with Crippen molar-refractivity contribution in [3.05, 3.63) is 97.1 Å². The lowest BCUT2D eigenvalue weighted by Crippen LogP contribution is -2.48. The number of thiazole rings is 1. The van der Waals surface area contributed by atoms with Crippen molar-refractivity contribution >= 4 is 23.0 Å². The van der Waals surface area contributed by atoms with Gasteiger partial charge in [-0.15, -0.1) is 0 Å². The number of aromatic amines is 1. The number of carboxylic acid groups (broad SMARTS) is 1. The molecule has 0 aliphatic heterocycles. The first-order chi connectivity index (χ1) is 16.2. The molecule has 0 aliphatic rings. The van der Waals surface area contributed by atoms with Crippen LogP contribution in [0.5, 0.6) is 10.9 Å². The quantitative estimate of drug-likeness (QED) is 0.433. The van der Waals surface area contributed by atoms with E-state index in [2.05, 4.69) is 15.0 Å². The third-order valence-electron chi connectivity index (χ3n) is 4.80. The Kier molecular flexibility index (Phi) is 6.23. The van der Waals surface area contributed by atoms with Gasteiger partial charge in [0.15, 0.2) is 11.6 Å². The molecular weight excluding hydrogens is 465 g/mol. The van der Waals surface area contributed by atoms with Crippen LogP contribution in [-0.4, -0.2) is 30.2 Å². The molecule has 0 aliphatic carbocycles. The summed E-state index contributed by atoms with van der Waals surface area (Å²) >= 11 is 0.756. The van der Waals surface area contributed by atoms with Crippen molar-refractivity contribution < 1.29 is 19.0 Å². The second-order valence-electron chi connectivity index (χ2n) is 7.29. The summed E-state index contributed by atoms with van der Waals surface area (Å²) in [6.07, 6.45) is 1.11. The van der Waals surface area contributed by atoms with Crippen molar-refractivity contribution in [2.24, 2.45) is 12.0 Å². The van der Waals surface area contributed by atoms with Gasteiger partial charge < -0.3 is 9.84 Å². The van der Waals surface area contributed by atoms with Crippen LogP contribution < -0.4 is 21.7 Å². The topological polar surface area (TPSA) is 132 Å². The van der Waals surface area contributed by atoms with E-state index in [-0.39, 0.29) is 33.7 Å². The zero-order valence-electron chi connectivity index (χ0n) is 18.0. The molecule has 0 fully saturated rings. The molecule has 2 heterocycles. The Morgan fingerprint density at radius 1 is 1.24 bits per heavy atom. The minimum Gasteiger partial charge on any atom is -0.477 e. The molecule has 0 amide bonds. The molecule has 2 N–H and O–H groups in total. The predicted octanol–water partition coefficient (Wildman–Crippen LogP) is 2.55. The van der Waals surface area contributed by atoms with Crippen LogP contribution in [0.2, 0.25) is 0 Å². The van der Waals surface area contributed by atoms with Crippen LogP contribution in [0.1, 0.15) is 20.8 Å². The molecule has 10 nitrogen and oxygen atoms in total. The summed E-state index contributed by atoms with van der Waals surface area (Å²) in [5, 5.41) is 8.92. The molecule has 0 atom stereocenters. The number of hydrogen-bond acceptors (Lipinski definition) is 7. The van der Waals surface area contributed by atoms with Gasteiger partial charge >= 0.3 is 17.3 Å². The summed E-state index contributed by atoms with van der Waals surface area (Å²) in [5.74, 6) is -2.14. The maximum atomic E-state index is 14.6. The third-order valence-corrected chi connectivity index (χ3v) is 5.66. The van der Waals surface area contributed by atoms with Crippen LogP contribution in [0.3, 0.4) is 0 Å². The maximum absolute atomic E-state index is 14.6. The first-order valence-electron chi connectivity index (χ1n) is 9.88. The van der Waals surface area contributed by atoms with Gasteiger partial charge in [-0.2, -0.15) is 0 Å². The number of carboxylic acids is 1. The molecule has 0 saturated carbocycles. The molecule has 0 radical (unpaired) electrons. The maximum Gasteiger partial charge on any atom is 0.347 e. The molecule has 0 saturated heterocycles. The van der Waals surface area contributed by atoms with Gasteiger partial charge in [-0.05, 0) is 24.6 Å². The zero-order valence-corrected chi connectivity index (χ0v) is 18.8. The Labute approximate surface area is 194 Å². The summed E-state index contributed by atoms with van der Waals surface area (Å²) in [6, 6.07) is 11.3. The monoisotopic (exact) mass is 483 g/mol. The SMILES string of the molecule is Cc1ccc(Cn2c(=O)n(C)c(=O)[nH]/c2=N\c2ccc(Oc3ncc(C(=O)O)s3)c(F)c2)cc1. The minimum absolute atomic E-state index is 0.0344. The summed E-state index contributed by atoms with van der Waals surface area (Å²) in [7, 11) is 1.34. The van der Waals surface area contributed by atoms with E-state index < -0.39 is 23.2 Å². The van der Waals surface area contributed by atoms with Gasteiger partial charge in [0.2, 0.25) is 5.62 Å². The lowest BCUT2D eigenvalue weighted by molar-refractivity contribution is 0.0702. The molecule has 4 rings (SSSR count). The fourth-order valence-electron chi connectivity index (χ4n) is 2.97. The van der Waals surface area contributed by atoms with Crippen molar-refractivity contribution in [1.29, 1.82) is 0 Å². The normalized spacial score (nSPS) is 11.6. The first-order valence-corrected chi connectivity index (χ1v) is 10.7. The van der Waals surface area contributed by atoms with Crippen molar-refractivity contribution in [2.75, 3.05) is 0 Å². The highest BCUT2D eigenvalue weighted by Crippen LogP contribution is 2.30. The molecular formula is C22H18FN5O5S. The number of nitrogens with zero attached hydrogens (tertiary/aromatic N) is 4. The number of nitrogens with one attached hydrogen (secondary N) is 1. The number of aryl methyl sites for hydroxylation is 1. The van der Waals surface area contributed by atoms with Crippen molar-refractivity contribution in [2.45, 2.75) is 13.5 Å². The van der Waals surface area contributed by atoms with Gasteiger partial charge in [0.05, 0.1) is 18.4 Å². The fourth-order valence-corrected chi connectivity index (χ4v) is 3.59. The molecule has 0 bridgehead atoms. The van der Waals surface area contributed by atoms with E-state index in [9.17, 15) is 18.8 Å². The second kappa shape index (κ2) is 9.27. The number of benzene rings is 2. The molecule has 2 aromatic carbocycles. The zero-order chi connectivity index (χ0) is 24.4. The summed E-state index contributed by atoms with van der Waals surface area (Å²) in [5.41, 5.74) is 0.700. The number of carbonyl (C=O) groups is 1. The predicted molar refractivity (Wildman–Crippen MR) is 121 cm³/mol. The van der Waals surface area contributed by atoms with Crippen molar-refractivity contribution in [1.82, 2.24) is 19.1 Å². The Balaban J connectivity index is 1.71. The average Bonchev–Trinajstić information content (AvgIpc) is 3.27. The van der Waals surface area contributed by atoms with Gasteiger partial charge in [-0.1, -0.05) is 41.2 Å². The van der Waals surface area contributed by atoms with E-state index in [1.54, 1.807) is 0 Å². The van der Waals surface area contributed by atoms with Crippen LogP contribution >= 0.6 is 11.3 Å². The highest BCUT2D eigenvalue weighted by atomic mass is 32.1.